The van der Waals surface area contributed by atoms with E-state index in [-0.39, 0.29) is 0 Å². The molecule has 35 heavy (non-hydrogen) atoms. The van der Waals surface area contributed by atoms with Crippen LogP contribution >= 0.6 is 11.8 Å². The highest BCUT2D eigenvalue weighted by atomic mass is 35.5. The zero-order chi connectivity index (χ0) is 23.5. The molecule has 5 aliphatic rings. The first-order valence-corrected chi connectivity index (χ1v) is 13.3. The lowest BCUT2D eigenvalue weighted by Gasteiger charge is -2.47. The Kier molecular flexibility index (Phi) is 5.28. The predicted molar refractivity (Wildman–Crippen MR) is 138 cm³/mol. The standard InChI is InChI=1S/C28H32ClN3O3/c1-33-23-7-6-20-14-22-21-16-25-24(34-17-35-25)15-19(21)8-9-32(22)27(18-4-2-3-5-18)26(20)28(23)30-10-12-31(29)13-11-30/h6-7,14-16,18,27H,2-5,8-13,17H2,1H3/t27-/m1/s1. The molecule has 4 heterocycles. The van der Waals surface area contributed by atoms with Crippen molar-refractivity contribution in [2.75, 3.05) is 51.5 Å². The second kappa shape index (κ2) is 8.52. The molecule has 7 heteroatoms. The Bertz CT molecular complexity index is 1180. The normalized spacial score (nSPS) is 23.6. The number of nitrogens with zero attached hydrogens (tertiary/aromatic N) is 3. The Hall–Kier alpha value is -2.57. The minimum Gasteiger partial charge on any atom is -0.495 e. The van der Waals surface area contributed by atoms with Crippen molar-refractivity contribution in [1.82, 2.24) is 9.32 Å². The molecular weight excluding hydrogens is 462 g/mol. The molecule has 4 aliphatic heterocycles. The first-order valence-electron chi connectivity index (χ1n) is 13.0. The van der Waals surface area contributed by atoms with Crippen LogP contribution in [0, 0.1) is 5.92 Å². The van der Waals surface area contributed by atoms with Crippen LogP contribution in [0.4, 0.5) is 5.69 Å². The van der Waals surface area contributed by atoms with E-state index in [0.29, 0.717) is 18.8 Å². The molecule has 0 amide bonds. The van der Waals surface area contributed by atoms with Gasteiger partial charge in [0.2, 0.25) is 6.79 Å². The average Bonchev–Trinajstić information content (AvgIpc) is 3.58. The molecule has 2 fully saturated rings. The number of halogens is 1. The van der Waals surface area contributed by atoms with Gasteiger partial charge in [0.15, 0.2) is 11.5 Å². The van der Waals surface area contributed by atoms with Crippen molar-refractivity contribution in [1.29, 1.82) is 0 Å². The largest absolute Gasteiger partial charge is 0.495 e. The third-order valence-electron chi connectivity index (χ3n) is 8.55. The van der Waals surface area contributed by atoms with E-state index in [2.05, 4.69) is 40.1 Å². The Balaban J connectivity index is 1.41. The van der Waals surface area contributed by atoms with E-state index in [0.717, 1.165) is 56.4 Å². The first-order chi connectivity index (χ1) is 17.2. The number of piperazine rings is 1. The maximum Gasteiger partial charge on any atom is 0.231 e. The fourth-order valence-corrected chi connectivity index (χ4v) is 7.05. The maximum absolute atomic E-state index is 6.34. The molecule has 0 aromatic heterocycles. The van der Waals surface area contributed by atoms with Gasteiger partial charge in [0.25, 0.3) is 0 Å². The molecular formula is C28H32ClN3O3. The van der Waals surface area contributed by atoms with Crippen LogP contribution in [0.5, 0.6) is 17.2 Å². The quantitative estimate of drug-likeness (QED) is 0.540. The van der Waals surface area contributed by atoms with Gasteiger partial charge in [0.05, 0.1) is 18.8 Å². The molecule has 1 saturated heterocycles. The summed E-state index contributed by atoms with van der Waals surface area (Å²) < 4.78 is 19.3. The summed E-state index contributed by atoms with van der Waals surface area (Å²) >= 11 is 6.34. The summed E-state index contributed by atoms with van der Waals surface area (Å²) in [4.78, 5) is 5.21. The maximum atomic E-state index is 6.34. The van der Waals surface area contributed by atoms with Gasteiger partial charge in [-0.05, 0) is 72.4 Å². The average molecular weight is 494 g/mol. The lowest BCUT2D eigenvalue weighted by atomic mass is 9.79. The van der Waals surface area contributed by atoms with Gasteiger partial charge in [0, 0.05) is 49.5 Å². The molecule has 1 aliphatic carbocycles. The number of fused-ring (bicyclic) bond motifs is 5. The molecule has 2 aromatic rings. The monoisotopic (exact) mass is 493 g/mol. The second-order valence-corrected chi connectivity index (χ2v) is 10.8. The highest BCUT2D eigenvalue weighted by Crippen LogP contribution is 2.54. The van der Waals surface area contributed by atoms with E-state index in [1.807, 2.05) is 4.42 Å². The van der Waals surface area contributed by atoms with Gasteiger partial charge in [-0.1, -0.05) is 18.9 Å². The smallest absolute Gasteiger partial charge is 0.231 e. The van der Waals surface area contributed by atoms with Crippen molar-refractivity contribution < 1.29 is 14.2 Å². The van der Waals surface area contributed by atoms with Crippen molar-refractivity contribution in [2.45, 2.75) is 38.1 Å². The Morgan fingerprint density at radius 3 is 2.51 bits per heavy atom. The number of methoxy groups -OCH3 is 1. The van der Waals surface area contributed by atoms with Crippen molar-refractivity contribution in [2.24, 2.45) is 5.92 Å². The minimum absolute atomic E-state index is 0.313. The molecule has 0 unspecified atom stereocenters. The molecule has 0 radical (unpaired) electrons. The fraction of sp³-hybridized carbons (Fsp3) is 0.500. The molecule has 0 N–H and O–H groups in total. The second-order valence-electron chi connectivity index (χ2n) is 10.3. The van der Waals surface area contributed by atoms with Crippen LogP contribution in [0.1, 0.15) is 54.0 Å². The SMILES string of the molecule is COc1ccc2c(c1N1CCN(Cl)CC1)[C@@H](C1CCCC1)N1CCc3cc4c(cc3C1=C2)OCO4. The summed E-state index contributed by atoms with van der Waals surface area (Å²) in [6, 6.07) is 9.18. The number of rotatable bonds is 3. The zero-order valence-electron chi connectivity index (χ0n) is 20.3. The van der Waals surface area contributed by atoms with E-state index in [1.54, 1.807) is 7.11 Å². The van der Waals surface area contributed by atoms with Crippen LogP contribution in [0.15, 0.2) is 24.3 Å². The van der Waals surface area contributed by atoms with Gasteiger partial charge in [0.1, 0.15) is 5.75 Å². The minimum atomic E-state index is 0.313. The number of anilines is 1. The fourth-order valence-electron chi connectivity index (χ4n) is 6.90. The highest BCUT2D eigenvalue weighted by Gasteiger charge is 2.41. The van der Waals surface area contributed by atoms with Crippen LogP contribution < -0.4 is 19.1 Å². The van der Waals surface area contributed by atoms with Crippen LogP contribution in [-0.2, 0) is 6.42 Å². The molecule has 0 spiro atoms. The summed E-state index contributed by atoms with van der Waals surface area (Å²) in [6.07, 6.45) is 8.64. The van der Waals surface area contributed by atoms with Gasteiger partial charge < -0.3 is 24.0 Å². The lowest BCUT2D eigenvalue weighted by molar-refractivity contribution is 0.174. The first kappa shape index (κ1) is 21.7. The molecule has 7 rings (SSSR count). The van der Waals surface area contributed by atoms with Crippen LogP contribution in [0.3, 0.4) is 0 Å². The Morgan fingerprint density at radius 2 is 1.74 bits per heavy atom. The molecule has 2 aromatic carbocycles. The molecule has 1 atom stereocenters. The molecule has 1 saturated carbocycles. The Morgan fingerprint density at radius 1 is 0.971 bits per heavy atom. The molecule has 0 bridgehead atoms. The van der Waals surface area contributed by atoms with Crippen molar-refractivity contribution in [3.8, 4) is 17.2 Å². The summed E-state index contributed by atoms with van der Waals surface area (Å²) in [6.45, 7) is 4.87. The van der Waals surface area contributed by atoms with Crippen molar-refractivity contribution in [3.63, 3.8) is 0 Å². The van der Waals surface area contributed by atoms with Crippen LogP contribution in [0.25, 0.3) is 11.8 Å². The van der Waals surface area contributed by atoms with E-state index < -0.39 is 0 Å². The van der Waals surface area contributed by atoms with Gasteiger partial charge in [-0.3, -0.25) is 0 Å². The summed E-state index contributed by atoms with van der Waals surface area (Å²) in [5.74, 6) is 3.37. The third kappa shape index (κ3) is 3.48. The summed E-state index contributed by atoms with van der Waals surface area (Å²) in [5, 5.41) is 0. The van der Waals surface area contributed by atoms with Gasteiger partial charge in [-0.25, -0.2) is 4.42 Å². The van der Waals surface area contributed by atoms with Crippen molar-refractivity contribution in [3.05, 3.63) is 46.5 Å². The number of hydrogen-bond donors (Lipinski definition) is 0. The highest BCUT2D eigenvalue weighted by molar-refractivity contribution is 6.13. The van der Waals surface area contributed by atoms with E-state index in [4.69, 9.17) is 26.0 Å². The Labute approximate surface area is 212 Å². The molecule has 6 nitrogen and oxygen atoms in total. The topological polar surface area (TPSA) is 37.4 Å². The van der Waals surface area contributed by atoms with Crippen LogP contribution in [0.2, 0.25) is 0 Å². The van der Waals surface area contributed by atoms with Crippen molar-refractivity contribution >= 4 is 29.2 Å². The van der Waals surface area contributed by atoms with Crippen LogP contribution in [-0.4, -0.2) is 55.9 Å². The van der Waals surface area contributed by atoms with Gasteiger partial charge in [-0.2, -0.15) is 0 Å². The van der Waals surface area contributed by atoms with Gasteiger partial charge in [-0.15, -0.1) is 0 Å². The number of ether oxygens (including phenoxy) is 3. The van der Waals surface area contributed by atoms with E-state index in [9.17, 15) is 0 Å². The van der Waals surface area contributed by atoms with E-state index in [1.165, 1.54) is 59.3 Å². The third-order valence-corrected chi connectivity index (χ3v) is 8.89. The van der Waals surface area contributed by atoms with E-state index >= 15 is 0 Å². The summed E-state index contributed by atoms with van der Waals surface area (Å²) in [7, 11) is 1.80. The summed E-state index contributed by atoms with van der Waals surface area (Å²) in [5.41, 5.74) is 8.03. The zero-order valence-corrected chi connectivity index (χ0v) is 21.0. The predicted octanol–water partition coefficient (Wildman–Crippen LogP) is 5.30. The van der Waals surface area contributed by atoms with Gasteiger partial charge >= 0.3 is 0 Å². The number of benzene rings is 2. The number of hydrogen-bond acceptors (Lipinski definition) is 6. The molecule has 184 valence electrons. The lowest BCUT2D eigenvalue weighted by Crippen LogP contribution is -2.44.